The Balaban J connectivity index is 2.05. The predicted molar refractivity (Wildman–Crippen MR) is 65.8 cm³/mol. The van der Waals surface area contributed by atoms with E-state index in [1.807, 2.05) is 0 Å². The van der Waals surface area contributed by atoms with E-state index in [0.29, 0.717) is 25.1 Å². The number of benzene rings is 1. The standard InChI is InChI=1S/C13H15F3N2O2/c14-13(15,16)10-3-1-2-9(6-10)7-18-8-11(4-5-17)20-12(18)19/h1-3,6,11H,4-5,7-8,17H2. The van der Waals surface area contributed by atoms with Crippen molar-refractivity contribution >= 4 is 6.09 Å². The summed E-state index contributed by atoms with van der Waals surface area (Å²) < 4.78 is 42.9. The number of rotatable bonds is 4. The second-order valence-electron chi connectivity index (χ2n) is 4.66. The Morgan fingerprint density at radius 2 is 2.15 bits per heavy atom. The number of carbonyl (C=O) groups is 1. The molecule has 1 saturated heterocycles. The number of amides is 1. The first-order chi connectivity index (χ1) is 9.40. The lowest BCUT2D eigenvalue weighted by Gasteiger charge is -2.14. The first-order valence-electron chi connectivity index (χ1n) is 6.22. The molecule has 4 nitrogen and oxygen atoms in total. The van der Waals surface area contributed by atoms with Gasteiger partial charge < -0.3 is 15.4 Å². The Labute approximate surface area is 114 Å². The zero-order chi connectivity index (χ0) is 14.8. The summed E-state index contributed by atoms with van der Waals surface area (Å²) in [6, 6.07) is 4.93. The van der Waals surface area contributed by atoms with E-state index in [0.717, 1.165) is 12.1 Å². The monoisotopic (exact) mass is 288 g/mol. The van der Waals surface area contributed by atoms with Crippen molar-refractivity contribution in [2.75, 3.05) is 13.1 Å². The van der Waals surface area contributed by atoms with E-state index in [1.54, 1.807) is 6.07 Å². The van der Waals surface area contributed by atoms with Crippen molar-refractivity contribution in [2.24, 2.45) is 5.73 Å². The maximum atomic E-state index is 12.6. The molecule has 0 saturated carbocycles. The number of hydrogen-bond donors (Lipinski definition) is 1. The van der Waals surface area contributed by atoms with Crippen LogP contribution < -0.4 is 5.73 Å². The zero-order valence-electron chi connectivity index (χ0n) is 10.7. The molecule has 1 amide bonds. The van der Waals surface area contributed by atoms with Crippen LogP contribution in [-0.4, -0.2) is 30.2 Å². The lowest BCUT2D eigenvalue weighted by molar-refractivity contribution is -0.137. The van der Waals surface area contributed by atoms with Crippen LogP contribution in [0.1, 0.15) is 17.5 Å². The van der Waals surface area contributed by atoms with Gasteiger partial charge in [-0.2, -0.15) is 13.2 Å². The summed E-state index contributed by atoms with van der Waals surface area (Å²) in [6.07, 6.45) is -4.63. The lowest BCUT2D eigenvalue weighted by Crippen LogP contribution is -2.25. The summed E-state index contributed by atoms with van der Waals surface area (Å²) in [7, 11) is 0. The van der Waals surface area contributed by atoms with Crippen LogP contribution in [0.5, 0.6) is 0 Å². The smallest absolute Gasteiger partial charge is 0.416 e. The second-order valence-corrected chi connectivity index (χ2v) is 4.66. The number of ether oxygens (including phenoxy) is 1. The van der Waals surface area contributed by atoms with Gasteiger partial charge in [-0.05, 0) is 30.7 Å². The Morgan fingerprint density at radius 1 is 1.40 bits per heavy atom. The van der Waals surface area contributed by atoms with Crippen molar-refractivity contribution in [3.63, 3.8) is 0 Å². The number of halogens is 3. The number of hydrogen-bond acceptors (Lipinski definition) is 3. The first-order valence-corrected chi connectivity index (χ1v) is 6.22. The third-order valence-corrected chi connectivity index (χ3v) is 3.07. The molecule has 1 aliphatic heterocycles. The van der Waals surface area contributed by atoms with Gasteiger partial charge in [-0.25, -0.2) is 4.79 Å². The summed E-state index contributed by atoms with van der Waals surface area (Å²) >= 11 is 0. The maximum absolute atomic E-state index is 12.6. The minimum Gasteiger partial charge on any atom is -0.444 e. The van der Waals surface area contributed by atoms with Crippen molar-refractivity contribution in [3.05, 3.63) is 35.4 Å². The van der Waals surface area contributed by atoms with Gasteiger partial charge in [0, 0.05) is 6.54 Å². The minimum absolute atomic E-state index is 0.101. The third kappa shape index (κ3) is 3.41. The van der Waals surface area contributed by atoms with Crippen LogP contribution in [0.25, 0.3) is 0 Å². The molecule has 1 fully saturated rings. The SMILES string of the molecule is NCCC1CN(Cc2cccc(C(F)(F)F)c2)C(=O)O1. The van der Waals surface area contributed by atoms with Crippen molar-refractivity contribution in [1.29, 1.82) is 0 Å². The van der Waals surface area contributed by atoms with E-state index in [4.69, 9.17) is 10.5 Å². The zero-order valence-corrected chi connectivity index (χ0v) is 10.7. The number of nitrogens with two attached hydrogens (primary N) is 1. The van der Waals surface area contributed by atoms with Crippen LogP contribution in [-0.2, 0) is 17.5 Å². The van der Waals surface area contributed by atoms with Crippen molar-refractivity contribution in [1.82, 2.24) is 4.90 Å². The number of alkyl halides is 3. The molecule has 7 heteroatoms. The Bertz CT molecular complexity index is 491. The topological polar surface area (TPSA) is 55.6 Å². The maximum Gasteiger partial charge on any atom is 0.416 e. The molecule has 110 valence electrons. The molecule has 1 aromatic rings. The van der Waals surface area contributed by atoms with E-state index in [9.17, 15) is 18.0 Å². The molecule has 0 bridgehead atoms. The minimum atomic E-state index is -4.39. The highest BCUT2D eigenvalue weighted by atomic mass is 19.4. The molecule has 20 heavy (non-hydrogen) atoms. The molecular formula is C13H15F3N2O2. The number of cyclic esters (lactones) is 1. The highest BCUT2D eigenvalue weighted by Gasteiger charge is 2.32. The fourth-order valence-corrected chi connectivity index (χ4v) is 2.11. The quantitative estimate of drug-likeness (QED) is 0.925. The van der Waals surface area contributed by atoms with Gasteiger partial charge >= 0.3 is 12.3 Å². The Hall–Kier alpha value is -1.76. The van der Waals surface area contributed by atoms with Gasteiger partial charge in [0.15, 0.2) is 0 Å². The van der Waals surface area contributed by atoms with E-state index < -0.39 is 17.8 Å². The van der Waals surface area contributed by atoms with Gasteiger partial charge in [0.1, 0.15) is 6.10 Å². The largest absolute Gasteiger partial charge is 0.444 e. The third-order valence-electron chi connectivity index (χ3n) is 3.07. The molecule has 0 radical (unpaired) electrons. The Morgan fingerprint density at radius 3 is 2.80 bits per heavy atom. The summed E-state index contributed by atoms with van der Waals surface area (Å²) in [5, 5.41) is 0. The van der Waals surface area contributed by atoms with E-state index >= 15 is 0 Å². The van der Waals surface area contributed by atoms with Gasteiger partial charge in [-0.1, -0.05) is 12.1 Å². The normalized spacial score (nSPS) is 19.3. The molecule has 1 atom stereocenters. The predicted octanol–water partition coefficient (Wildman–Crippen LogP) is 2.38. The first kappa shape index (κ1) is 14.6. The van der Waals surface area contributed by atoms with Crippen LogP contribution in [0.4, 0.5) is 18.0 Å². The number of carbonyl (C=O) groups excluding carboxylic acids is 1. The molecule has 1 heterocycles. The van der Waals surface area contributed by atoms with Gasteiger partial charge in [0.25, 0.3) is 0 Å². The fourth-order valence-electron chi connectivity index (χ4n) is 2.11. The van der Waals surface area contributed by atoms with Crippen LogP contribution >= 0.6 is 0 Å². The van der Waals surface area contributed by atoms with Crippen molar-refractivity contribution in [3.8, 4) is 0 Å². The molecule has 1 aromatic carbocycles. The van der Waals surface area contributed by atoms with Gasteiger partial charge in [0.05, 0.1) is 12.1 Å². The van der Waals surface area contributed by atoms with E-state index in [-0.39, 0.29) is 12.6 Å². The molecule has 0 aromatic heterocycles. The number of nitrogens with zero attached hydrogens (tertiary/aromatic N) is 1. The van der Waals surface area contributed by atoms with Crippen LogP contribution in [0.3, 0.4) is 0 Å². The molecule has 2 N–H and O–H groups in total. The van der Waals surface area contributed by atoms with Gasteiger partial charge in [-0.15, -0.1) is 0 Å². The average Bonchev–Trinajstić information content (AvgIpc) is 2.69. The highest BCUT2D eigenvalue weighted by molar-refractivity contribution is 5.69. The highest BCUT2D eigenvalue weighted by Crippen LogP contribution is 2.30. The van der Waals surface area contributed by atoms with Crippen LogP contribution in [0.15, 0.2) is 24.3 Å². The van der Waals surface area contributed by atoms with Crippen LogP contribution in [0, 0.1) is 0 Å². The molecule has 0 spiro atoms. The van der Waals surface area contributed by atoms with E-state index in [2.05, 4.69) is 0 Å². The summed E-state index contributed by atoms with van der Waals surface area (Å²) in [6.45, 7) is 0.853. The average molecular weight is 288 g/mol. The van der Waals surface area contributed by atoms with Crippen molar-refractivity contribution in [2.45, 2.75) is 25.2 Å². The van der Waals surface area contributed by atoms with Crippen molar-refractivity contribution < 1.29 is 22.7 Å². The molecule has 1 aliphatic rings. The lowest BCUT2D eigenvalue weighted by atomic mass is 10.1. The molecule has 0 aliphatic carbocycles. The summed E-state index contributed by atoms with van der Waals surface area (Å²) in [5.74, 6) is 0. The second kappa shape index (κ2) is 5.70. The van der Waals surface area contributed by atoms with Gasteiger partial charge in [0.2, 0.25) is 0 Å². The Kier molecular flexibility index (Phi) is 4.17. The summed E-state index contributed by atoms with van der Waals surface area (Å²) in [5.41, 5.74) is 5.08. The summed E-state index contributed by atoms with van der Waals surface area (Å²) in [4.78, 5) is 13.0. The molecule has 1 unspecified atom stereocenters. The molecular weight excluding hydrogens is 273 g/mol. The van der Waals surface area contributed by atoms with Gasteiger partial charge in [-0.3, -0.25) is 0 Å². The van der Waals surface area contributed by atoms with E-state index in [1.165, 1.54) is 11.0 Å². The fraction of sp³-hybridized carbons (Fsp3) is 0.462. The molecule has 2 rings (SSSR count). The van der Waals surface area contributed by atoms with Crippen LogP contribution in [0.2, 0.25) is 0 Å².